The monoisotopic (exact) mass is 275 g/mol. The molecule has 0 saturated carbocycles. The van der Waals surface area contributed by atoms with E-state index in [-0.39, 0.29) is 32.8 Å². The minimum Gasteiger partial charge on any atom is -0.466 e. The maximum Gasteiger partial charge on any atom is 0.323 e. The van der Waals surface area contributed by atoms with Crippen molar-refractivity contribution in [2.75, 3.05) is 26.4 Å². The quantitative estimate of drug-likeness (QED) is 0.468. The Kier molecular flexibility index (Phi) is 9.42. The molecule has 1 atom stereocenters. The zero-order valence-corrected chi connectivity index (χ0v) is 11.6. The largest absolute Gasteiger partial charge is 0.466 e. The van der Waals surface area contributed by atoms with Gasteiger partial charge in [-0.3, -0.25) is 19.7 Å². The van der Waals surface area contributed by atoms with Gasteiger partial charge >= 0.3 is 17.9 Å². The number of ether oxygens (including phenoxy) is 3. The highest BCUT2D eigenvalue weighted by atomic mass is 16.5. The molecule has 0 spiro atoms. The van der Waals surface area contributed by atoms with E-state index in [4.69, 9.17) is 14.2 Å². The van der Waals surface area contributed by atoms with Gasteiger partial charge in [0.25, 0.3) is 0 Å². The summed E-state index contributed by atoms with van der Waals surface area (Å²) >= 11 is 0. The zero-order valence-electron chi connectivity index (χ0n) is 11.6. The zero-order chi connectivity index (χ0) is 14.7. The fraction of sp³-hybridized carbons (Fsp3) is 0.750. The lowest BCUT2D eigenvalue weighted by Crippen LogP contribution is -2.43. The van der Waals surface area contributed by atoms with Gasteiger partial charge in [0.15, 0.2) is 0 Å². The van der Waals surface area contributed by atoms with Crippen LogP contribution >= 0.6 is 0 Å². The van der Waals surface area contributed by atoms with Gasteiger partial charge in [-0.05, 0) is 20.8 Å². The lowest BCUT2D eigenvalue weighted by atomic mass is 10.2. The number of esters is 3. The number of carbonyl (C=O) groups excluding carboxylic acids is 3. The molecule has 0 aromatic heterocycles. The molecule has 7 heteroatoms. The van der Waals surface area contributed by atoms with Crippen LogP contribution in [0.5, 0.6) is 0 Å². The first kappa shape index (κ1) is 17.4. The molecule has 110 valence electrons. The predicted octanol–water partition coefficient (Wildman–Crippen LogP) is 0.0240. The second kappa shape index (κ2) is 10.3. The van der Waals surface area contributed by atoms with E-state index in [2.05, 4.69) is 5.32 Å². The molecule has 1 N–H and O–H groups in total. The van der Waals surface area contributed by atoms with Crippen LogP contribution in [0, 0.1) is 0 Å². The fourth-order valence-corrected chi connectivity index (χ4v) is 1.29. The van der Waals surface area contributed by atoms with E-state index in [1.165, 1.54) is 0 Å². The second-order valence-electron chi connectivity index (χ2n) is 3.50. The summed E-state index contributed by atoms with van der Waals surface area (Å²) in [4.78, 5) is 34.1. The molecule has 7 nitrogen and oxygen atoms in total. The number of nitrogens with one attached hydrogen (secondary N) is 1. The van der Waals surface area contributed by atoms with Crippen molar-refractivity contribution in [3.8, 4) is 0 Å². The van der Waals surface area contributed by atoms with Gasteiger partial charge in [0.2, 0.25) is 0 Å². The van der Waals surface area contributed by atoms with Crippen molar-refractivity contribution in [2.45, 2.75) is 33.2 Å². The molecule has 0 aliphatic rings. The van der Waals surface area contributed by atoms with Gasteiger partial charge in [-0.2, -0.15) is 0 Å². The van der Waals surface area contributed by atoms with E-state index in [1.54, 1.807) is 20.8 Å². The van der Waals surface area contributed by atoms with Crippen LogP contribution < -0.4 is 5.32 Å². The third-order valence-electron chi connectivity index (χ3n) is 2.05. The summed E-state index contributed by atoms with van der Waals surface area (Å²) in [6.07, 6.45) is -0.188. The van der Waals surface area contributed by atoms with Gasteiger partial charge in [0.05, 0.1) is 32.8 Å². The Bertz CT molecular complexity index is 305. The van der Waals surface area contributed by atoms with E-state index < -0.39 is 23.9 Å². The van der Waals surface area contributed by atoms with Gasteiger partial charge < -0.3 is 14.2 Å². The predicted molar refractivity (Wildman–Crippen MR) is 66.3 cm³/mol. The van der Waals surface area contributed by atoms with Crippen LogP contribution in [-0.4, -0.2) is 50.3 Å². The molecule has 0 unspecified atom stereocenters. The van der Waals surface area contributed by atoms with Gasteiger partial charge in [0.1, 0.15) is 6.04 Å². The first-order chi connectivity index (χ1) is 9.04. The molecule has 0 aromatic rings. The van der Waals surface area contributed by atoms with Gasteiger partial charge in [0, 0.05) is 0 Å². The minimum absolute atomic E-state index is 0.170. The smallest absolute Gasteiger partial charge is 0.323 e. The highest BCUT2D eigenvalue weighted by Gasteiger charge is 2.24. The standard InChI is InChI=1S/C12H21NO6/c1-4-17-10(14)7-9(12(16)19-6-3)13-8-11(15)18-5-2/h9,13H,4-8H2,1-3H3/t9-/m0/s1. The first-order valence-corrected chi connectivity index (χ1v) is 6.26. The fourth-order valence-electron chi connectivity index (χ4n) is 1.29. The summed E-state index contributed by atoms with van der Waals surface area (Å²) in [6, 6.07) is -0.914. The molecule has 0 aliphatic carbocycles. The van der Waals surface area contributed by atoms with Crippen molar-refractivity contribution < 1.29 is 28.6 Å². The first-order valence-electron chi connectivity index (χ1n) is 6.26. The van der Waals surface area contributed by atoms with E-state index in [9.17, 15) is 14.4 Å². The molecule has 0 aliphatic heterocycles. The summed E-state index contributed by atoms with van der Waals surface area (Å²) in [7, 11) is 0. The van der Waals surface area contributed by atoms with Crippen LogP contribution in [0.15, 0.2) is 0 Å². The second-order valence-corrected chi connectivity index (χ2v) is 3.50. The Hall–Kier alpha value is -1.63. The molecule has 19 heavy (non-hydrogen) atoms. The number of rotatable bonds is 9. The molecule has 0 aromatic carbocycles. The molecular weight excluding hydrogens is 254 g/mol. The molecular formula is C12H21NO6. The summed E-state index contributed by atoms with van der Waals surface area (Å²) in [5.41, 5.74) is 0. The van der Waals surface area contributed by atoms with Crippen molar-refractivity contribution in [2.24, 2.45) is 0 Å². The van der Waals surface area contributed by atoms with E-state index in [0.717, 1.165) is 0 Å². The number of hydrogen-bond acceptors (Lipinski definition) is 7. The van der Waals surface area contributed by atoms with Crippen LogP contribution in [0.4, 0.5) is 0 Å². The van der Waals surface area contributed by atoms with Crippen LogP contribution in [0.25, 0.3) is 0 Å². The molecule has 0 fully saturated rings. The van der Waals surface area contributed by atoms with Crippen LogP contribution in [-0.2, 0) is 28.6 Å². The molecule has 0 rings (SSSR count). The third-order valence-corrected chi connectivity index (χ3v) is 2.05. The maximum absolute atomic E-state index is 11.6. The summed E-state index contributed by atoms with van der Waals surface area (Å²) in [6.45, 7) is 5.51. The Labute approximate surface area is 112 Å². The van der Waals surface area contributed by atoms with Crippen LogP contribution in [0.2, 0.25) is 0 Å². The normalized spacial score (nSPS) is 11.5. The van der Waals surface area contributed by atoms with Gasteiger partial charge in [-0.25, -0.2) is 0 Å². The average molecular weight is 275 g/mol. The van der Waals surface area contributed by atoms with Crippen LogP contribution in [0.1, 0.15) is 27.2 Å². The highest BCUT2D eigenvalue weighted by molar-refractivity contribution is 5.83. The molecule has 0 saturated heterocycles. The van der Waals surface area contributed by atoms with Crippen LogP contribution in [0.3, 0.4) is 0 Å². The summed E-state index contributed by atoms with van der Waals surface area (Å²) in [5, 5.41) is 2.63. The minimum atomic E-state index is -0.914. The van der Waals surface area contributed by atoms with Gasteiger partial charge in [-0.15, -0.1) is 0 Å². The lowest BCUT2D eigenvalue weighted by molar-refractivity contribution is -0.153. The number of carbonyl (C=O) groups is 3. The Morgan fingerprint density at radius 1 is 0.895 bits per heavy atom. The van der Waals surface area contributed by atoms with Crippen molar-refractivity contribution in [1.82, 2.24) is 5.32 Å². The average Bonchev–Trinajstić information content (AvgIpc) is 2.35. The Morgan fingerprint density at radius 2 is 1.42 bits per heavy atom. The van der Waals surface area contributed by atoms with Crippen molar-refractivity contribution in [1.29, 1.82) is 0 Å². The molecule has 0 amide bonds. The molecule has 0 bridgehead atoms. The Balaban J connectivity index is 4.37. The topological polar surface area (TPSA) is 90.9 Å². The summed E-state index contributed by atoms with van der Waals surface area (Å²) in [5.74, 6) is -1.63. The highest BCUT2D eigenvalue weighted by Crippen LogP contribution is 1.99. The SMILES string of the molecule is CCOC(=O)CN[C@@H](CC(=O)OCC)C(=O)OCC. The Morgan fingerprint density at radius 3 is 1.95 bits per heavy atom. The maximum atomic E-state index is 11.6. The van der Waals surface area contributed by atoms with E-state index >= 15 is 0 Å². The van der Waals surface area contributed by atoms with E-state index in [0.29, 0.717) is 0 Å². The summed E-state index contributed by atoms with van der Waals surface area (Å²) < 4.78 is 14.3. The van der Waals surface area contributed by atoms with Crippen molar-refractivity contribution in [3.63, 3.8) is 0 Å². The van der Waals surface area contributed by atoms with Crippen molar-refractivity contribution in [3.05, 3.63) is 0 Å². The van der Waals surface area contributed by atoms with Gasteiger partial charge in [-0.1, -0.05) is 0 Å². The molecule has 0 heterocycles. The lowest BCUT2D eigenvalue weighted by Gasteiger charge is -2.15. The van der Waals surface area contributed by atoms with Crippen molar-refractivity contribution >= 4 is 17.9 Å². The third kappa shape index (κ3) is 8.15. The van der Waals surface area contributed by atoms with E-state index in [1.807, 2.05) is 0 Å². The number of hydrogen-bond donors (Lipinski definition) is 1. The molecule has 0 radical (unpaired) electrons.